The number of benzene rings is 1. The molecular weight excluding hydrogens is 298 g/mol. The highest BCUT2D eigenvalue weighted by Gasteiger charge is 2.21. The number of amides is 1. The van der Waals surface area contributed by atoms with Crippen LogP contribution >= 0.6 is 0 Å². The maximum atomic E-state index is 12.1. The van der Waals surface area contributed by atoms with Gasteiger partial charge in [0.15, 0.2) is 6.61 Å². The van der Waals surface area contributed by atoms with Gasteiger partial charge in [0.2, 0.25) is 0 Å². The predicted molar refractivity (Wildman–Crippen MR) is 84.9 cm³/mol. The third-order valence-corrected chi connectivity index (χ3v) is 3.64. The molecule has 6 heteroatoms. The molecule has 1 aliphatic rings. The third kappa shape index (κ3) is 5.56. The summed E-state index contributed by atoms with van der Waals surface area (Å²) in [5.74, 6) is 0.0267. The van der Waals surface area contributed by atoms with E-state index in [9.17, 15) is 9.59 Å². The van der Waals surface area contributed by atoms with Crippen LogP contribution in [0.15, 0.2) is 12.1 Å². The van der Waals surface area contributed by atoms with E-state index in [1.165, 1.54) is 12.8 Å². The topological polar surface area (TPSA) is 84.9 Å². The molecule has 0 radical (unpaired) electrons. The van der Waals surface area contributed by atoms with E-state index in [-0.39, 0.29) is 5.91 Å². The fourth-order valence-corrected chi connectivity index (χ4v) is 2.32. The summed E-state index contributed by atoms with van der Waals surface area (Å²) in [4.78, 5) is 22.7. The lowest BCUT2D eigenvalue weighted by atomic mass is 10.1. The van der Waals surface area contributed by atoms with Crippen LogP contribution in [0.2, 0.25) is 0 Å². The Hall–Kier alpha value is -2.08. The monoisotopic (exact) mass is 321 g/mol. The van der Waals surface area contributed by atoms with E-state index in [1.54, 1.807) is 26.0 Å². The van der Waals surface area contributed by atoms with Gasteiger partial charge in [-0.3, -0.25) is 4.79 Å². The summed E-state index contributed by atoms with van der Waals surface area (Å²) < 4.78 is 10.7. The number of nitrogens with one attached hydrogen (secondary N) is 1. The lowest BCUT2D eigenvalue weighted by Gasteiger charge is -2.13. The standard InChI is InChI=1S/C17H23NO5/c1-11-7-14(8-12(2)16(11)23-10-15(19)20)17(21)18-5-6-22-9-13-3-4-13/h7-8,13H,3-6,9-10H2,1-2H3,(H,18,21)(H,19,20). The van der Waals surface area contributed by atoms with Crippen molar-refractivity contribution >= 4 is 11.9 Å². The number of rotatable bonds is 9. The molecule has 0 spiro atoms. The Balaban J connectivity index is 1.85. The SMILES string of the molecule is Cc1cc(C(=O)NCCOCC2CC2)cc(C)c1OCC(=O)O. The number of hydrogen-bond donors (Lipinski definition) is 2. The number of aryl methyl sites for hydroxylation is 2. The molecule has 0 atom stereocenters. The molecule has 126 valence electrons. The van der Waals surface area contributed by atoms with Crippen LogP contribution in [0.4, 0.5) is 0 Å². The summed E-state index contributed by atoms with van der Waals surface area (Å²) in [6.45, 7) is 4.95. The van der Waals surface area contributed by atoms with E-state index in [2.05, 4.69) is 5.32 Å². The predicted octanol–water partition coefficient (Wildman–Crippen LogP) is 1.92. The normalized spacial score (nSPS) is 13.7. The van der Waals surface area contributed by atoms with Crippen LogP contribution in [0.25, 0.3) is 0 Å². The summed E-state index contributed by atoms with van der Waals surface area (Å²) in [6.07, 6.45) is 2.50. The first kappa shape index (κ1) is 17.3. The fraction of sp³-hybridized carbons (Fsp3) is 0.529. The highest BCUT2D eigenvalue weighted by atomic mass is 16.5. The van der Waals surface area contributed by atoms with E-state index in [4.69, 9.17) is 14.6 Å². The molecule has 2 rings (SSSR count). The van der Waals surface area contributed by atoms with E-state index < -0.39 is 12.6 Å². The zero-order chi connectivity index (χ0) is 16.8. The minimum absolute atomic E-state index is 0.170. The molecule has 0 saturated heterocycles. The second-order valence-corrected chi connectivity index (χ2v) is 5.90. The maximum Gasteiger partial charge on any atom is 0.341 e. The Morgan fingerprint density at radius 2 is 1.91 bits per heavy atom. The van der Waals surface area contributed by atoms with E-state index in [0.717, 1.165) is 17.7 Å². The molecule has 0 unspecified atom stereocenters. The molecule has 1 aromatic rings. The quantitative estimate of drug-likeness (QED) is 0.679. The Morgan fingerprint density at radius 1 is 1.26 bits per heavy atom. The molecule has 1 saturated carbocycles. The maximum absolute atomic E-state index is 12.1. The first-order valence-electron chi connectivity index (χ1n) is 7.79. The van der Waals surface area contributed by atoms with Crippen molar-refractivity contribution in [2.75, 3.05) is 26.4 Å². The highest BCUT2D eigenvalue weighted by Crippen LogP contribution is 2.28. The molecule has 1 fully saturated rings. The first-order chi connectivity index (χ1) is 11.0. The van der Waals surface area contributed by atoms with Crippen LogP contribution in [-0.4, -0.2) is 43.3 Å². The Morgan fingerprint density at radius 3 is 2.48 bits per heavy atom. The number of carbonyl (C=O) groups is 2. The largest absolute Gasteiger partial charge is 0.481 e. The van der Waals surface area contributed by atoms with E-state index in [1.807, 2.05) is 0 Å². The van der Waals surface area contributed by atoms with Crippen LogP contribution < -0.4 is 10.1 Å². The van der Waals surface area contributed by atoms with Crippen LogP contribution in [0.1, 0.15) is 34.3 Å². The number of carbonyl (C=O) groups excluding carboxylic acids is 1. The Labute approximate surface area is 135 Å². The van der Waals surface area contributed by atoms with Crippen LogP contribution in [-0.2, 0) is 9.53 Å². The first-order valence-corrected chi connectivity index (χ1v) is 7.79. The highest BCUT2D eigenvalue weighted by molar-refractivity contribution is 5.94. The smallest absolute Gasteiger partial charge is 0.341 e. The molecule has 0 aliphatic heterocycles. The number of hydrogen-bond acceptors (Lipinski definition) is 4. The van der Waals surface area contributed by atoms with Gasteiger partial charge in [0.25, 0.3) is 5.91 Å². The number of aliphatic carboxylic acids is 1. The van der Waals surface area contributed by atoms with Gasteiger partial charge in [-0.15, -0.1) is 0 Å². The summed E-state index contributed by atoms with van der Waals surface area (Å²) in [6, 6.07) is 3.40. The molecular formula is C17H23NO5. The third-order valence-electron chi connectivity index (χ3n) is 3.64. The van der Waals surface area contributed by atoms with Gasteiger partial charge in [0.1, 0.15) is 5.75 Å². The van der Waals surface area contributed by atoms with Crippen molar-refractivity contribution in [3.8, 4) is 5.75 Å². The van der Waals surface area contributed by atoms with Gasteiger partial charge in [-0.1, -0.05) is 0 Å². The average Bonchev–Trinajstić information content (AvgIpc) is 3.29. The second-order valence-electron chi connectivity index (χ2n) is 5.90. The van der Waals surface area contributed by atoms with Gasteiger partial charge in [-0.2, -0.15) is 0 Å². The molecule has 1 aliphatic carbocycles. The average molecular weight is 321 g/mol. The Bertz CT molecular complexity index is 557. The van der Waals surface area contributed by atoms with Crippen LogP contribution in [0.3, 0.4) is 0 Å². The van der Waals surface area contributed by atoms with E-state index >= 15 is 0 Å². The minimum Gasteiger partial charge on any atom is -0.481 e. The minimum atomic E-state index is -1.03. The molecule has 6 nitrogen and oxygen atoms in total. The van der Waals surface area contributed by atoms with Crippen molar-refractivity contribution in [3.05, 3.63) is 28.8 Å². The van der Waals surface area contributed by atoms with Crippen LogP contribution in [0, 0.1) is 19.8 Å². The van der Waals surface area contributed by atoms with Gasteiger partial charge in [0.05, 0.1) is 6.61 Å². The molecule has 0 aromatic heterocycles. The number of ether oxygens (including phenoxy) is 2. The van der Waals surface area contributed by atoms with Gasteiger partial charge in [-0.05, 0) is 55.9 Å². The zero-order valence-electron chi connectivity index (χ0n) is 13.6. The second kappa shape index (κ2) is 7.97. The molecule has 0 heterocycles. The van der Waals surface area contributed by atoms with Gasteiger partial charge < -0.3 is 19.9 Å². The van der Waals surface area contributed by atoms with E-state index in [0.29, 0.717) is 30.4 Å². The summed E-state index contributed by atoms with van der Waals surface area (Å²) in [5, 5.41) is 11.5. The molecule has 0 bridgehead atoms. The lowest BCUT2D eigenvalue weighted by Crippen LogP contribution is -2.27. The summed E-state index contributed by atoms with van der Waals surface area (Å²) >= 11 is 0. The van der Waals surface area contributed by atoms with Gasteiger partial charge >= 0.3 is 5.97 Å². The van der Waals surface area contributed by atoms with Crippen molar-refractivity contribution in [1.29, 1.82) is 0 Å². The van der Waals surface area contributed by atoms with Crippen molar-refractivity contribution in [2.45, 2.75) is 26.7 Å². The zero-order valence-corrected chi connectivity index (χ0v) is 13.6. The molecule has 23 heavy (non-hydrogen) atoms. The molecule has 1 amide bonds. The number of carboxylic acids is 1. The lowest BCUT2D eigenvalue weighted by molar-refractivity contribution is -0.139. The fourth-order valence-electron chi connectivity index (χ4n) is 2.32. The van der Waals surface area contributed by atoms with Crippen molar-refractivity contribution in [3.63, 3.8) is 0 Å². The summed E-state index contributed by atoms with van der Waals surface area (Å²) in [5.41, 5.74) is 2.01. The summed E-state index contributed by atoms with van der Waals surface area (Å²) in [7, 11) is 0. The van der Waals surface area contributed by atoms with Crippen molar-refractivity contribution in [2.24, 2.45) is 5.92 Å². The molecule has 2 N–H and O–H groups in total. The Kier molecular flexibility index (Phi) is 5.98. The van der Waals surface area contributed by atoms with Crippen LogP contribution in [0.5, 0.6) is 5.75 Å². The van der Waals surface area contributed by atoms with Crippen molar-refractivity contribution in [1.82, 2.24) is 5.32 Å². The number of carboxylic acid groups (broad SMARTS) is 1. The van der Waals surface area contributed by atoms with Crippen molar-refractivity contribution < 1.29 is 24.2 Å². The molecule has 1 aromatic carbocycles. The van der Waals surface area contributed by atoms with Gasteiger partial charge in [-0.25, -0.2) is 4.79 Å². The van der Waals surface area contributed by atoms with Gasteiger partial charge in [0, 0.05) is 18.7 Å².